The van der Waals surface area contributed by atoms with Crippen LogP contribution in [0.3, 0.4) is 0 Å². The van der Waals surface area contributed by atoms with Crippen LogP contribution in [-0.4, -0.2) is 25.2 Å². The number of rotatable bonds is 8. The van der Waals surface area contributed by atoms with E-state index in [2.05, 4.69) is 4.72 Å². The van der Waals surface area contributed by atoms with Gasteiger partial charge in [0.2, 0.25) is 10.0 Å². The molecule has 0 aliphatic carbocycles. The Hall–Kier alpha value is -2.03. The first-order chi connectivity index (χ1) is 13.0. The summed E-state index contributed by atoms with van der Waals surface area (Å²) in [6, 6.07) is 5.71. The van der Waals surface area contributed by atoms with Gasteiger partial charge in [-0.1, -0.05) is 23.2 Å². The first kappa shape index (κ1) is 22.3. The number of nitrogens with one attached hydrogen (secondary N) is 1. The quantitative estimate of drug-likeness (QED) is 0.622. The third kappa shape index (κ3) is 5.73. The Morgan fingerprint density at radius 2 is 1.82 bits per heavy atom. The maximum atomic E-state index is 14.7. The number of carboxylic acid groups (broad SMARTS) is 1. The van der Waals surface area contributed by atoms with Crippen LogP contribution in [0.25, 0.3) is 0 Å². The van der Waals surface area contributed by atoms with Crippen LogP contribution in [0.5, 0.6) is 5.75 Å². The van der Waals surface area contributed by atoms with Crippen LogP contribution in [0.1, 0.15) is 23.6 Å². The van der Waals surface area contributed by atoms with Gasteiger partial charge in [0.05, 0.1) is 27.9 Å². The topological polar surface area (TPSA) is 92.7 Å². The summed E-state index contributed by atoms with van der Waals surface area (Å²) < 4.78 is 45.9. The minimum absolute atomic E-state index is 0.0778. The highest BCUT2D eigenvalue weighted by Crippen LogP contribution is 2.35. The smallest absolute Gasteiger partial charge is 0.307 e. The fourth-order valence-electron chi connectivity index (χ4n) is 2.44. The summed E-state index contributed by atoms with van der Waals surface area (Å²) >= 11 is 12.2. The molecule has 2 N–H and O–H groups in total. The summed E-state index contributed by atoms with van der Waals surface area (Å²) in [5.41, 5.74) is 0.959. The summed E-state index contributed by atoms with van der Waals surface area (Å²) in [5, 5.41) is 9.02. The number of ether oxygens (including phenoxy) is 1. The molecule has 0 aromatic heterocycles. The van der Waals surface area contributed by atoms with Crippen molar-refractivity contribution in [3.8, 4) is 5.75 Å². The minimum Gasteiger partial charge on any atom is -0.486 e. The van der Waals surface area contributed by atoms with E-state index in [0.717, 1.165) is 0 Å². The van der Waals surface area contributed by atoms with E-state index >= 15 is 0 Å². The molecule has 0 aliphatic heterocycles. The summed E-state index contributed by atoms with van der Waals surface area (Å²) in [6.45, 7) is 2.87. The molecular formula is C18H18Cl2FNO5S. The standard InChI is InChI=1S/C18H18Cl2FNO5S/c1-3-28(25,26)22-15-5-10(2)4-12(17(15)21)9-27-18-13(19)6-11(7-14(18)20)8-16(23)24/h4-7,22H,3,8-9H2,1-2H3,(H,23,24). The second kappa shape index (κ2) is 8.98. The van der Waals surface area contributed by atoms with E-state index in [1.54, 1.807) is 6.92 Å². The molecule has 6 nitrogen and oxygen atoms in total. The van der Waals surface area contributed by atoms with Gasteiger partial charge in [-0.2, -0.15) is 0 Å². The minimum atomic E-state index is -3.64. The molecule has 2 aromatic carbocycles. The molecule has 2 aromatic rings. The lowest BCUT2D eigenvalue weighted by Gasteiger charge is -2.15. The highest BCUT2D eigenvalue weighted by molar-refractivity contribution is 7.92. The molecule has 0 spiro atoms. The zero-order chi connectivity index (χ0) is 21.1. The normalized spacial score (nSPS) is 11.3. The van der Waals surface area contributed by atoms with E-state index in [9.17, 15) is 17.6 Å². The molecule has 0 fully saturated rings. The number of sulfonamides is 1. The lowest BCUT2D eigenvalue weighted by atomic mass is 10.1. The van der Waals surface area contributed by atoms with Gasteiger partial charge < -0.3 is 9.84 Å². The van der Waals surface area contributed by atoms with Gasteiger partial charge in [-0.15, -0.1) is 0 Å². The second-order valence-electron chi connectivity index (χ2n) is 6.04. The predicted octanol–water partition coefficient (Wildman–Crippen LogP) is 4.41. The van der Waals surface area contributed by atoms with Crippen molar-refractivity contribution in [2.45, 2.75) is 26.9 Å². The van der Waals surface area contributed by atoms with Gasteiger partial charge in [0.15, 0.2) is 11.6 Å². The molecular weight excluding hydrogens is 432 g/mol. The fourth-order valence-corrected chi connectivity index (χ4v) is 3.71. The summed E-state index contributed by atoms with van der Waals surface area (Å²) in [7, 11) is -3.64. The Balaban J connectivity index is 2.28. The van der Waals surface area contributed by atoms with Gasteiger partial charge in [-0.3, -0.25) is 9.52 Å². The molecule has 28 heavy (non-hydrogen) atoms. The Bertz CT molecular complexity index is 988. The molecule has 0 amide bonds. The molecule has 0 atom stereocenters. The molecule has 0 bridgehead atoms. The van der Waals surface area contributed by atoms with Crippen LogP contribution in [0.4, 0.5) is 10.1 Å². The predicted molar refractivity (Wildman–Crippen MR) is 106 cm³/mol. The highest BCUT2D eigenvalue weighted by atomic mass is 35.5. The van der Waals surface area contributed by atoms with Gasteiger partial charge in [0, 0.05) is 5.56 Å². The van der Waals surface area contributed by atoms with Crippen LogP contribution in [-0.2, 0) is 27.8 Å². The van der Waals surface area contributed by atoms with Crippen molar-refractivity contribution >= 4 is 44.9 Å². The Kier molecular flexibility index (Phi) is 7.14. The molecule has 10 heteroatoms. The van der Waals surface area contributed by atoms with Crippen molar-refractivity contribution < 1.29 is 27.4 Å². The zero-order valence-corrected chi connectivity index (χ0v) is 17.4. The number of carbonyl (C=O) groups is 1. The van der Waals surface area contributed by atoms with Gasteiger partial charge in [0.1, 0.15) is 6.61 Å². The van der Waals surface area contributed by atoms with E-state index < -0.39 is 21.8 Å². The van der Waals surface area contributed by atoms with Crippen LogP contribution < -0.4 is 9.46 Å². The average Bonchev–Trinajstić information content (AvgIpc) is 2.57. The number of aryl methyl sites for hydroxylation is 1. The van der Waals surface area contributed by atoms with Crippen molar-refractivity contribution in [3.05, 3.63) is 56.8 Å². The highest BCUT2D eigenvalue weighted by Gasteiger charge is 2.17. The molecule has 2 rings (SSSR count). The van der Waals surface area contributed by atoms with Crippen molar-refractivity contribution in [1.29, 1.82) is 0 Å². The summed E-state index contributed by atoms with van der Waals surface area (Å²) in [4.78, 5) is 10.8. The van der Waals surface area contributed by atoms with Crippen molar-refractivity contribution in [2.75, 3.05) is 10.5 Å². The van der Waals surface area contributed by atoms with E-state index in [1.165, 1.54) is 31.2 Å². The van der Waals surface area contributed by atoms with Crippen molar-refractivity contribution in [1.82, 2.24) is 0 Å². The van der Waals surface area contributed by atoms with E-state index in [0.29, 0.717) is 11.1 Å². The number of benzene rings is 2. The molecule has 0 heterocycles. The third-order valence-corrected chi connectivity index (χ3v) is 5.58. The Labute approximate surface area is 172 Å². The SMILES string of the molecule is CCS(=O)(=O)Nc1cc(C)cc(COc2c(Cl)cc(CC(=O)O)cc2Cl)c1F. The summed E-state index contributed by atoms with van der Waals surface area (Å²) in [6.07, 6.45) is -0.257. The monoisotopic (exact) mass is 449 g/mol. The van der Waals surface area contributed by atoms with Crippen LogP contribution in [0, 0.1) is 12.7 Å². The van der Waals surface area contributed by atoms with Crippen LogP contribution >= 0.6 is 23.2 Å². The lowest BCUT2D eigenvalue weighted by molar-refractivity contribution is -0.136. The number of hydrogen-bond donors (Lipinski definition) is 2. The Morgan fingerprint density at radius 1 is 1.21 bits per heavy atom. The third-order valence-electron chi connectivity index (χ3n) is 3.72. The van der Waals surface area contributed by atoms with Gasteiger partial charge in [0.25, 0.3) is 0 Å². The van der Waals surface area contributed by atoms with E-state index in [1.807, 2.05) is 0 Å². The number of carboxylic acids is 1. The Morgan fingerprint density at radius 3 is 2.36 bits per heavy atom. The molecule has 0 unspecified atom stereocenters. The molecule has 0 aliphatic rings. The maximum Gasteiger partial charge on any atom is 0.307 e. The second-order valence-corrected chi connectivity index (χ2v) is 8.86. The van der Waals surface area contributed by atoms with Crippen LogP contribution in [0.15, 0.2) is 24.3 Å². The number of aliphatic carboxylic acids is 1. The fraction of sp³-hybridized carbons (Fsp3) is 0.278. The number of anilines is 1. The zero-order valence-electron chi connectivity index (χ0n) is 15.1. The first-order valence-electron chi connectivity index (χ1n) is 8.14. The largest absolute Gasteiger partial charge is 0.486 e. The molecule has 0 saturated heterocycles. The van der Waals surface area contributed by atoms with Gasteiger partial charge >= 0.3 is 5.97 Å². The van der Waals surface area contributed by atoms with E-state index in [-0.39, 0.29) is 45.8 Å². The van der Waals surface area contributed by atoms with Crippen molar-refractivity contribution in [2.24, 2.45) is 0 Å². The lowest BCUT2D eigenvalue weighted by Crippen LogP contribution is -2.16. The van der Waals surface area contributed by atoms with Crippen molar-refractivity contribution in [3.63, 3.8) is 0 Å². The summed E-state index contributed by atoms with van der Waals surface area (Å²) in [5.74, 6) is -1.92. The maximum absolute atomic E-state index is 14.7. The number of hydrogen-bond acceptors (Lipinski definition) is 4. The van der Waals surface area contributed by atoms with Crippen LogP contribution in [0.2, 0.25) is 10.0 Å². The van der Waals surface area contributed by atoms with E-state index in [4.69, 9.17) is 33.0 Å². The first-order valence-corrected chi connectivity index (χ1v) is 10.5. The average molecular weight is 450 g/mol. The van der Waals surface area contributed by atoms with Gasteiger partial charge in [-0.05, 0) is 49.2 Å². The molecule has 152 valence electrons. The van der Waals surface area contributed by atoms with Gasteiger partial charge in [-0.25, -0.2) is 12.8 Å². The molecule has 0 radical (unpaired) electrons. The molecule has 0 saturated carbocycles. The number of halogens is 3.